The molecule has 0 aliphatic carbocycles. The largest absolute Gasteiger partial charge is 0.502 e. The molecular weight excluding hydrogens is 247 g/mol. The van der Waals surface area contributed by atoms with Gasteiger partial charge in [-0.15, -0.1) is 0 Å². The fourth-order valence-electron chi connectivity index (χ4n) is 1.62. The lowest BCUT2D eigenvalue weighted by molar-refractivity contribution is 0.394. The lowest BCUT2D eigenvalue weighted by Crippen LogP contribution is -2.01. The molecule has 98 valence electrons. The van der Waals surface area contributed by atoms with E-state index in [-0.39, 0.29) is 11.5 Å². The minimum absolute atomic E-state index is 0.0378. The average Bonchev–Trinajstić information content (AvgIpc) is 2.48. The summed E-state index contributed by atoms with van der Waals surface area (Å²) in [4.78, 5) is 11.7. The van der Waals surface area contributed by atoms with Gasteiger partial charge in [0.25, 0.3) is 0 Å². The maximum absolute atomic E-state index is 13.7. The highest BCUT2D eigenvalue weighted by Crippen LogP contribution is 2.29. The SMILES string of the molecule is Cc1ccc(Oc2cccc(C)c(=O)c2O)c(F)c1. The summed E-state index contributed by atoms with van der Waals surface area (Å²) >= 11 is 0. The molecule has 0 saturated heterocycles. The van der Waals surface area contributed by atoms with Crippen molar-refractivity contribution in [2.75, 3.05) is 0 Å². The highest BCUT2D eigenvalue weighted by Gasteiger charge is 2.10. The maximum atomic E-state index is 13.7. The first-order valence-electron chi connectivity index (χ1n) is 5.76. The summed E-state index contributed by atoms with van der Waals surface area (Å²) in [5.74, 6) is -1.18. The summed E-state index contributed by atoms with van der Waals surface area (Å²) in [6.45, 7) is 3.34. The van der Waals surface area contributed by atoms with Crippen molar-refractivity contribution in [3.63, 3.8) is 0 Å². The van der Waals surface area contributed by atoms with E-state index in [0.29, 0.717) is 5.56 Å². The third kappa shape index (κ3) is 2.73. The first-order valence-corrected chi connectivity index (χ1v) is 5.76. The van der Waals surface area contributed by atoms with Crippen molar-refractivity contribution in [1.82, 2.24) is 0 Å². The summed E-state index contributed by atoms with van der Waals surface area (Å²) in [7, 11) is 0. The molecule has 2 rings (SSSR count). The minimum Gasteiger partial charge on any atom is -0.502 e. The Kier molecular flexibility index (Phi) is 3.51. The molecule has 0 aromatic heterocycles. The zero-order valence-corrected chi connectivity index (χ0v) is 10.6. The van der Waals surface area contributed by atoms with E-state index in [9.17, 15) is 14.3 Å². The molecule has 1 N–H and O–H groups in total. The van der Waals surface area contributed by atoms with Crippen LogP contribution in [0.25, 0.3) is 0 Å². The second kappa shape index (κ2) is 5.10. The number of ether oxygens (including phenoxy) is 1. The van der Waals surface area contributed by atoms with Crippen molar-refractivity contribution < 1.29 is 14.2 Å². The number of rotatable bonds is 2. The van der Waals surface area contributed by atoms with E-state index in [0.717, 1.165) is 5.56 Å². The third-order valence-electron chi connectivity index (χ3n) is 2.71. The van der Waals surface area contributed by atoms with E-state index in [2.05, 4.69) is 0 Å². The van der Waals surface area contributed by atoms with Crippen molar-refractivity contribution in [3.8, 4) is 17.2 Å². The number of aromatic hydroxyl groups is 1. The highest BCUT2D eigenvalue weighted by atomic mass is 19.1. The number of hydrogen-bond donors (Lipinski definition) is 1. The van der Waals surface area contributed by atoms with E-state index in [1.54, 1.807) is 32.0 Å². The Morgan fingerprint density at radius 1 is 1.11 bits per heavy atom. The molecule has 0 aliphatic rings. The van der Waals surface area contributed by atoms with Crippen LogP contribution in [-0.2, 0) is 0 Å². The number of halogens is 1. The fraction of sp³-hybridized carbons (Fsp3) is 0.133. The molecule has 0 unspecified atom stereocenters. The molecule has 2 aromatic carbocycles. The number of aryl methyl sites for hydroxylation is 2. The summed E-state index contributed by atoms with van der Waals surface area (Å²) < 4.78 is 18.9. The fourth-order valence-corrected chi connectivity index (χ4v) is 1.62. The highest BCUT2D eigenvalue weighted by molar-refractivity contribution is 5.43. The molecule has 0 saturated carbocycles. The molecule has 0 bridgehead atoms. The Balaban J connectivity index is 2.48. The molecule has 0 aliphatic heterocycles. The summed E-state index contributed by atoms with van der Waals surface area (Å²) in [5.41, 5.74) is 0.609. The van der Waals surface area contributed by atoms with Gasteiger partial charge in [-0.3, -0.25) is 4.79 Å². The summed E-state index contributed by atoms with van der Waals surface area (Å²) in [6.07, 6.45) is 0. The van der Waals surface area contributed by atoms with E-state index in [1.165, 1.54) is 18.2 Å². The Bertz CT molecular complexity index is 681. The lowest BCUT2D eigenvalue weighted by Gasteiger charge is -2.06. The van der Waals surface area contributed by atoms with E-state index in [4.69, 9.17) is 4.74 Å². The predicted octanol–water partition coefficient (Wildman–Crippen LogP) is 3.30. The van der Waals surface area contributed by atoms with E-state index in [1.807, 2.05) is 0 Å². The third-order valence-corrected chi connectivity index (χ3v) is 2.71. The molecule has 4 heteroatoms. The van der Waals surface area contributed by atoms with E-state index >= 15 is 0 Å². The Hall–Kier alpha value is -2.36. The van der Waals surface area contributed by atoms with Gasteiger partial charge in [-0.25, -0.2) is 4.39 Å². The Morgan fingerprint density at radius 2 is 1.84 bits per heavy atom. The van der Waals surface area contributed by atoms with Gasteiger partial charge >= 0.3 is 0 Å². The van der Waals surface area contributed by atoms with Gasteiger partial charge in [0.1, 0.15) is 0 Å². The molecule has 0 spiro atoms. The lowest BCUT2D eigenvalue weighted by atomic mass is 10.2. The number of benzene rings is 1. The second-order valence-corrected chi connectivity index (χ2v) is 4.29. The maximum Gasteiger partial charge on any atom is 0.226 e. The molecule has 0 radical (unpaired) electrons. The van der Waals surface area contributed by atoms with Crippen molar-refractivity contribution in [1.29, 1.82) is 0 Å². The van der Waals surface area contributed by atoms with Crippen LogP contribution in [0.2, 0.25) is 0 Å². The summed E-state index contributed by atoms with van der Waals surface area (Å²) in [5, 5.41) is 9.79. The molecule has 0 amide bonds. The first-order chi connectivity index (χ1) is 8.99. The normalized spacial score (nSPS) is 10.3. The zero-order valence-electron chi connectivity index (χ0n) is 10.6. The van der Waals surface area contributed by atoms with Crippen molar-refractivity contribution in [2.45, 2.75) is 13.8 Å². The molecule has 19 heavy (non-hydrogen) atoms. The molecule has 2 aromatic rings. The standard InChI is InChI=1S/C15H13FO3/c1-9-6-7-12(11(16)8-9)19-13-5-3-4-10(2)14(17)15(13)18/h3-8H,1-2H3,(H,17,18). The predicted molar refractivity (Wildman–Crippen MR) is 70.3 cm³/mol. The second-order valence-electron chi connectivity index (χ2n) is 4.29. The van der Waals surface area contributed by atoms with Crippen LogP contribution in [0, 0.1) is 19.7 Å². The quantitative estimate of drug-likeness (QED) is 0.901. The molecular formula is C15H13FO3. The molecule has 3 nitrogen and oxygen atoms in total. The van der Waals surface area contributed by atoms with E-state index < -0.39 is 17.0 Å². The molecule has 0 atom stereocenters. The average molecular weight is 260 g/mol. The van der Waals surface area contributed by atoms with Gasteiger partial charge in [-0.1, -0.05) is 18.2 Å². The van der Waals surface area contributed by atoms with Crippen molar-refractivity contribution in [2.24, 2.45) is 0 Å². The van der Waals surface area contributed by atoms with Gasteiger partial charge < -0.3 is 9.84 Å². The van der Waals surface area contributed by atoms with Crippen LogP contribution in [-0.4, -0.2) is 5.11 Å². The van der Waals surface area contributed by atoms with Crippen molar-refractivity contribution in [3.05, 3.63) is 63.6 Å². The zero-order chi connectivity index (χ0) is 14.0. The van der Waals surface area contributed by atoms with Gasteiger partial charge in [0, 0.05) is 5.56 Å². The monoisotopic (exact) mass is 260 g/mol. The van der Waals surface area contributed by atoms with Crippen LogP contribution >= 0.6 is 0 Å². The smallest absolute Gasteiger partial charge is 0.226 e. The first kappa shape index (κ1) is 13.1. The van der Waals surface area contributed by atoms with Crippen LogP contribution in [0.4, 0.5) is 4.39 Å². The Morgan fingerprint density at radius 3 is 2.53 bits per heavy atom. The van der Waals surface area contributed by atoms with Crippen LogP contribution in [0.5, 0.6) is 17.2 Å². The number of hydrogen-bond acceptors (Lipinski definition) is 3. The van der Waals surface area contributed by atoms with Crippen LogP contribution in [0.15, 0.2) is 41.2 Å². The Labute approximate surface area is 109 Å². The van der Waals surface area contributed by atoms with Crippen LogP contribution in [0.3, 0.4) is 0 Å². The van der Waals surface area contributed by atoms with Gasteiger partial charge in [-0.2, -0.15) is 0 Å². The minimum atomic E-state index is -0.546. The van der Waals surface area contributed by atoms with Gasteiger partial charge in [-0.05, 0) is 37.6 Å². The van der Waals surface area contributed by atoms with Gasteiger partial charge in [0.05, 0.1) is 0 Å². The van der Waals surface area contributed by atoms with Crippen molar-refractivity contribution >= 4 is 0 Å². The topological polar surface area (TPSA) is 46.5 Å². The van der Waals surface area contributed by atoms with Gasteiger partial charge in [0.15, 0.2) is 17.3 Å². The van der Waals surface area contributed by atoms with Crippen LogP contribution in [0.1, 0.15) is 11.1 Å². The van der Waals surface area contributed by atoms with Crippen LogP contribution < -0.4 is 10.2 Å². The summed E-state index contributed by atoms with van der Waals surface area (Å²) in [6, 6.07) is 9.00. The molecule has 0 heterocycles. The molecule has 0 fully saturated rings. The van der Waals surface area contributed by atoms with Gasteiger partial charge in [0.2, 0.25) is 11.2 Å².